The van der Waals surface area contributed by atoms with Crippen molar-refractivity contribution in [2.24, 2.45) is 0 Å². The van der Waals surface area contributed by atoms with Gasteiger partial charge in [-0.2, -0.15) is 0 Å². The molecule has 0 aliphatic carbocycles. The van der Waals surface area contributed by atoms with Gasteiger partial charge in [-0.15, -0.1) is 0 Å². The molecule has 1 N–H and O–H groups in total. The second kappa shape index (κ2) is 9.03. The van der Waals surface area contributed by atoms with Crippen molar-refractivity contribution >= 4 is 33.9 Å². The van der Waals surface area contributed by atoms with Gasteiger partial charge < -0.3 is 10.1 Å². The minimum Gasteiger partial charge on any atom is -0.452 e. The summed E-state index contributed by atoms with van der Waals surface area (Å²) in [6.45, 7) is 2.11. The third kappa shape index (κ3) is 6.38. The number of rotatable bonds is 6. The maximum atomic E-state index is 11.7. The number of hydrogen-bond donors (Lipinski definition) is 1. The number of carbonyl (C=O) groups is 2. The van der Waals surface area contributed by atoms with Crippen LogP contribution in [0.3, 0.4) is 0 Å². The third-order valence-corrected chi connectivity index (χ3v) is 3.71. The Morgan fingerprint density at radius 1 is 1.17 bits per heavy atom. The maximum absolute atomic E-state index is 11.7. The molecule has 2 rings (SSSR count). The van der Waals surface area contributed by atoms with E-state index in [1.807, 2.05) is 55.5 Å². The van der Waals surface area contributed by atoms with Gasteiger partial charge in [0.25, 0.3) is 5.91 Å². The molecule has 124 valence electrons. The lowest BCUT2D eigenvalue weighted by molar-refractivity contribution is -0.143. The molecule has 2 aromatic rings. The van der Waals surface area contributed by atoms with Crippen LogP contribution in [0.5, 0.6) is 0 Å². The van der Waals surface area contributed by atoms with E-state index in [1.165, 1.54) is 6.08 Å². The molecular weight excluding hydrogens is 370 g/mol. The molecule has 0 fully saturated rings. The molecule has 0 bridgehead atoms. The number of benzene rings is 2. The van der Waals surface area contributed by atoms with Gasteiger partial charge in [0.15, 0.2) is 6.61 Å². The zero-order chi connectivity index (χ0) is 17.4. The quantitative estimate of drug-likeness (QED) is 0.608. The zero-order valence-corrected chi connectivity index (χ0v) is 14.9. The Morgan fingerprint density at radius 2 is 1.92 bits per heavy atom. The highest BCUT2D eigenvalue weighted by atomic mass is 79.9. The first-order valence-corrected chi connectivity index (χ1v) is 8.25. The van der Waals surface area contributed by atoms with Gasteiger partial charge in [0.2, 0.25) is 0 Å². The van der Waals surface area contributed by atoms with E-state index in [0.29, 0.717) is 6.54 Å². The largest absolute Gasteiger partial charge is 0.452 e. The van der Waals surface area contributed by atoms with E-state index in [0.717, 1.165) is 21.2 Å². The van der Waals surface area contributed by atoms with E-state index in [2.05, 4.69) is 21.2 Å². The normalized spacial score (nSPS) is 10.6. The zero-order valence-electron chi connectivity index (χ0n) is 13.3. The smallest absolute Gasteiger partial charge is 0.331 e. The van der Waals surface area contributed by atoms with E-state index in [-0.39, 0.29) is 12.5 Å². The lowest BCUT2D eigenvalue weighted by Crippen LogP contribution is -2.28. The molecule has 0 aliphatic heterocycles. The molecule has 5 heteroatoms. The second-order valence-corrected chi connectivity index (χ2v) is 6.17. The van der Waals surface area contributed by atoms with Crippen LogP contribution >= 0.6 is 15.9 Å². The molecular formula is C19H18BrNO3. The standard InChI is InChI=1S/C19H18BrNO3/c1-14-5-7-16(8-6-14)12-21-18(22)13-24-19(23)10-9-15-3-2-4-17(20)11-15/h2-11H,12-13H2,1H3,(H,21,22). The Balaban J connectivity index is 1.72. The van der Waals surface area contributed by atoms with E-state index in [9.17, 15) is 9.59 Å². The highest BCUT2D eigenvalue weighted by Gasteiger charge is 2.05. The monoisotopic (exact) mass is 387 g/mol. The molecule has 2 aromatic carbocycles. The van der Waals surface area contributed by atoms with Crippen LogP contribution in [0.25, 0.3) is 6.08 Å². The van der Waals surface area contributed by atoms with Crippen LogP contribution in [-0.2, 0) is 20.9 Å². The van der Waals surface area contributed by atoms with Crippen molar-refractivity contribution in [2.45, 2.75) is 13.5 Å². The molecule has 0 saturated carbocycles. The summed E-state index contributed by atoms with van der Waals surface area (Å²) >= 11 is 3.36. The van der Waals surface area contributed by atoms with Gasteiger partial charge in [0.1, 0.15) is 0 Å². The lowest BCUT2D eigenvalue weighted by atomic mass is 10.1. The van der Waals surface area contributed by atoms with Crippen LogP contribution in [0, 0.1) is 6.92 Å². The average Bonchev–Trinajstić information content (AvgIpc) is 2.57. The highest BCUT2D eigenvalue weighted by Crippen LogP contribution is 2.12. The minimum absolute atomic E-state index is 0.298. The first-order valence-electron chi connectivity index (χ1n) is 7.45. The molecule has 0 aromatic heterocycles. The number of hydrogen-bond acceptors (Lipinski definition) is 3. The molecule has 0 aliphatic rings. The fourth-order valence-corrected chi connectivity index (χ4v) is 2.33. The Morgan fingerprint density at radius 3 is 2.62 bits per heavy atom. The van der Waals surface area contributed by atoms with Crippen LogP contribution in [0.15, 0.2) is 59.1 Å². The number of halogens is 1. The number of nitrogens with one attached hydrogen (secondary N) is 1. The molecule has 0 spiro atoms. The van der Waals surface area contributed by atoms with Gasteiger partial charge in [-0.05, 0) is 36.3 Å². The molecule has 4 nitrogen and oxygen atoms in total. The molecule has 0 saturated heterocycles. The molecule has 0 radical (unpaired) electrons. The summed E-state index contributed by atoms with van der Waals surface area (Å²) < 4.78 is 5.84. The summed E-state index contributed by atoms with van der Waals surface area (Å²) in [4.78, 5) is 23.3. The first-order chi connectivity index (χ1) is 11.5. The third-order valence-electron chi connectivity index (χ3n) is 3.22. The fourth-order valence-electron chi connectivity index (χ4n) is 1.92. The van der Waals surface area contributed by atoms with Gasteiger partial charge in [0.05, 0.1) is 0 Å². The van der Waals surface area contributed by atoms with Crippen molar-refractivity contribution in [3.05, 3.63) is 75.8 Å². The van der Waals surface area contributed by atoms with Crippen molar-refractivity contribution in [3.8, 4) is 0 Å². The molecule has 0 unspecified atom stereocenters. The Bertz CT molecular complexity index is 739. The summed E-state index contributed by atoms with van der Waals surface area (Å²) in [5, 5.41) is 2.71. The lowest BCUT2D eigenvalue weighted by Gasteiger charge is -2.06. The SMILES string of the molecule is Cc1ccc(CNC(=O)COC(=O)C=Cc2cccc(Br)c2)cc1. The van der Waals surface area contributed by atoms with Crippen molar-refractivity contribution in [1.29, 1.82) is 0 Å². The Kier molecular flexibility index (Phi) is 6.75. The molecule has 24 heavy (non-hydrogen) atoms. The number of ether oxygens (including phenoxy) is 1. The number of esters is 1. The molecule has 1 amide bonds. The average molecular weight is 388 g/mol. The number of amides is 1. The molecule has 0 atom stereocenters. The van der Waals surface area contributed by atoms with Crippen LogP contribution in [0.1, 0.15) is 16.7 Å². The van der Waals surface area contributed by atoms with Crippen LogP contribution in [0.2, 0.25) is 0 Å². The minimum atomic E-state index is -0.555. The number of aryl methyl sites for hydroxylation is 1. The predicted octanol–water partition coefficient (Wildman–Crippen LogP) is 3.63. The summed E-state index contributed by atoms with van der Waals surface area (Å²) in [6.07, 6.45) is 2.94. The summed E-state index contributed by atoms with van der Waals surface area (Å²) in [7, 11) is 0. The first kappa shape index (κ1) is 17.9. The van der Waals surface area contributed by atoms with Gasteiger partial charge in [-0.3, -0.25) is 4.79 Å². The van der Waals surface area contributed by atoms with Crippen molar-refractivity contribution in [3.63, 3.8) is 0 Å². The van der Waals surface area contributed by atoms with Gasteiger partial charge in [-0.1, -0.05) is 57.9 Å². The Hall–Kier alpha value is -2.40. The van der Waals surface area contributed by atoms with Gasteiger partial charge >= 0.3 is 5.97 Å². The summed E-state index contributed by atoms with van der Waals surface area (Å²) in [6, 6.07) is 15.4. The van der Waals surface area contributed by atoms with E-state index in [1.54, 1.807) is 6.08 Å². The molecule has 0 heterocycles. The van der Waals surface area contributed by atoms with Crippen LogP contribution in [0.4, 0.5) is 0 Å². The van der Waals surface area contributed by atoms with E-state index < -0.39 is 5.97 Å². The fraction of sp³-hybridized carbons (Fsp3) is 0.158. The number of carbonyl (C=O) groups excluding carboxylic acids is 2. The van der Waals surface area contributed by atoms with Gasteiger partial charge in [0, 0.05) is 17.1 Å². The van der Waals surface area contributed by atoms with Crippen molar-refractivity contribution < 1.29 is 14.3 Å². The Labute approximate surface area is 149 Å². The van der Waals surface area contributed by atoms with Crippen molar-refractivity contribution in [1.82, 2.24) is 5.32 Å². The van der Waals surface area contributed by atoms with Gasteiger partial charge in [-0.25, -0.2) is 4.79 Å². The maximum Gasteiger partial charge on any atom is 0.331 e. The second-order valence-electron chi connectivity index (χ2n) is 5.26. The highest BCUT2D eigenvalue weighted by molar-refractivity contribution is 9.10. The van der Waals surface area contributed by atoms with E-state index in [4.69, 9.17) is 4.74 Å². The van der Waals surface area contributed by atoms with E-state index >= 15 is 0 Å². The summed E-state index contributed by atoms with van der Waals surface area (Å²) in [5.41, 5.74) is 3.02. The van der Waals surface area contributed by atoms with Crippen LogP contribution < -0.4 is 5.32 Å². The summed E-state index contributed by atoms with van der Waals surface area (Å²) in [5.74, 6) is -0.889. The topological polar surface area (TPSA) is 55.4 Å². The van der Waals surface area contributed by atoms with Crippen LogP contribution in [-0.4, -0.2) is 18.5 Å². The predicted molar refractivity (Wildman–Crippen MR) is 97.2 cm³/mol. The van der Waals surface area contributed by atoms with Crippen molar-refractivity contribution in [2.75, 3.05) is 6.61 Å².